The number of aromatic amines is 1. The summed E-state index contributed by atoms with van der Waals surface area (Å²) in [4.78, 5) is 28.8. The monoisotopic (exact) mass is 358 g/mol. The standard InChI is InChI=1S/C19H26N4O3/c1-3-10-23-11-5-4-9-16(23)18(24)20-13(2)14-7-6-8-15(12-14)17-21-19(25)26-22-17/h6-8,12-13,16H,3-5,9-11H2,1-2H3,(H,20,24)(H,21,22,25)/t13-,16?/m1/s1. The maximum atomic E-state index is 12.8. The van der Waals surface area contributed by atoms with E-state index in [2.05, 4.69) is 31.8 Å². The molecule has 0 radical (unpaired) electrons. The molecule has 1 unspecified atom stereocenters. The smallest absolute Gasteiger partial charge is 0.348 e. The third-order valence-corrected chi connectivity index (χ3v) is 4.89. The molecule has 1 saturated heterocycles. The summed E-state index contributed by atoms with van der Waals surface area (Å²) in [6, 6.07) is 7.41. The molecule has 0 spiro atoms. The van der Waals surface area contributed by atoms with Crippen LogP contribution in [0.5, 0.6) is 0 Å². The van der Waals surface area contributed by atoms with Gasteiger partial charge in [-0.3, -0.25) is 19.2 Å². The van der Waals surface area contributed by atoms with Crippen molar-refractivity contribution >= 4 is 5.91 Å². The van der Waals surface area contributed by atoms with Crippen molar-refractivity contribution in [3.05, 3.63) is 40.4 Å². The molecule has 1 amide bonds. The summed E-state index contributed by atoms with van der Waals surface area (Å²) in [5.74, 6) is -0.109. The van der Waals surface area contributed by atoms with Crippen LogP contribution < -0.4 is 11.1 Å². The number of carbonyl (C=O) groups excluding carboxylic acids is 1. The van der Waals surface area contributed by atoms with Crippen LogP contribution in [0.3, 0.4) is 0 Å². The van der Waals surface area contributed by atoms with Crippen LogP contribution in [0.4, 0.5) is 0 Å². The van der Waals surface area contributed by atoms with Gasteiger partial charge in [-0.05, 0) is 50.9 Å². The highest BCUT2D eigenvalue weighted by Crippen LogP contribution is 2.22. The quantitative estimate of drug-likeness (QED) is 0.828. The predicted molar refractivity (Wildman–Crippen MR) is 98.6 cm³/mol. The second kappa shape index (κ2) is 8.31. The number of nitrogens with one attached hydrogen (secondary N) is 2. The molecule has 2 N–H and O–H groups in total. The summed E-state index contributed by atoms with van der Waals surface area (Å²) in [6.45, 7) is 6.07. The van der Waals surface area contributed by atoms with E-state index in [0.29, 0.717) is 5.82 Å². The van der Waals surface area contributed by atoms with Gasteiger partial charge >= 0.3 is 5.76 Å². The Hall–Kier alpha value is -2.41. The van der Waals surface area contributed by atoms with Crippen molar-refractivity contribution in [2.45, 2.75) is 51.6 Å². The Morgan fingerprint density at radius 3 is 3.04 bits per heavy atom. The van der Waals surface area contributed by atoms with Gasteiger partial charge in [0.25, 0.3) is 0 Å². The first kappa shape index (κ1) is 18.4. The van der Waals surface area contributed by atoms with Crippen molar-refractivity contribution in [3.63, 3.8) is 0 Å². The van der Waals surface area contributed by atoms with Gasteiger partial charge in [-0.1, -0.05) is 36.7 Å². The summed E-state index contributed by atoms with van der Waals surface area (Å²) in [5.41, 5.74) is 1.71. The lowest BCUT2D eigenvalue weighted by atomic mass is 9.99. The molecule has 7 heteroatoms. The fourth-order valence-electron chi connectivity index (χ4n) is 3.55. The molecule has 1 aromatic carbocycles. The number of likely N-dealkylation sites (tertiary alicyclic amines) is 1. The Balaban J connectivity index is 1.70. The van der Waals surface area contributed by atoms with Crippen LogP contribution in [0.25, 0.3) is 11.4 Å². The number of benzene rings is 1. The van der Waals surface area contributed by atoms with Crippen molar-refractivity contribution in [1.29, 1.82) is 0 Å². The number of amides is 1. The van der Waals surface area contributed by atoms with Gasteiger partial charge in [0.1, 0.15) is 0 Å². The van der Waals surface area contributed by atoms with Crippen LogP contribution >= 0.6 is 0 Å². The average molecular weight is 358 g/mol. The number of piperidine rings is 1. The summed E-state index contributed by atoms with van der Waals surface area (Å²) >= 11 is 0. The highest BCUT2D eigenvalue weighted by molar-refractivity contribution is 5.82. The van der Waals surface area contributed by atoms with Crippen LogP contribution in [0, 0.1) is 0 Å². The number of hydrogen-bond donors (Lipinski definition) is 2. The molecule has 2 aromatic rings. The predicted octanol–water partition coefficient (Wildman–Crippen LogP) is 2.47. The van der Waals surface area contributed by atoms with Crippen LogP contribution in [0.15, 0.2) is 33.6 Å². The molecule has 140 valence electrons. The number of hydrogen-bond acceptors (Lipinski definition) is 5. The van der Waals surface area contributed by atoms with Gasteiger partial charge in [0.2, 0.25) is 5.91 Å². The van der Waals surface area contributed by atoms with Gasteiger partial charge in [-0.2, -0.15) is 0 Å². The molecule has 0 saturated carbocycles. The van der Waals surface area contributed by atoms with Crippen LogP contribution in [0.2, 0.25) is 0 Å². The molecular formula is C19H26N4O3. The Morgan fingerprint density at radius 1 is 1.46 bits per heavy atom. The van der Waals surface area contributed by atoms with E-state index in [4.69, 9.17) is 0 Å². The fourth-order valence-corrected chi connectivity index (χ4v) is 3.55. The van der Waals surface area contributed by atoms with E-state index in [-0.39, 0.29) is 18.0 Å². The minimum Gasteiger partial charge on any atom is -0.348 e. The Kier molecular flexibility index (Phi) is 5.88. The SMILES string of the molecule is CCCN1CCCCC1C(=O)N[C@H](C)c1cccc(-c2noc(=O)[nH]2)c1. The van der Waals surface area contributed by atoms with E-state index in [1.54, 1.807) is 0 Å². The number of rotatable bonds is 6. The van der Waals surface area contributed by atoms with Gasteiger partial charge in [0, 0.05) is 5.56 Å². The molecule has 3 rings (SSSR count). The van der Waals surface area contributed by atoms with Gasteiger partial charge < -0.3 is 5.32 Å². The van der Waals surface area contributed by atoms with E-state index in [1.165, 1.54) is 0 Å². The van der Waals surface area contributed by atoms with Crippen molar-refractivity contribution in [2.75, 3.05) is 13.1 Å². The van der Waals surface area contributed by atoms with Crippen molar-refractivity contribution in [2.24, 2.45) is 0 Å². The van der Waals surface area contributed by atoms with E-state index in [0.717, 1.165) is 49.9 Å². The van der Waals surface area contributed by atoms with Gasteiger partial charge in [0.05, 0.1) is 12.1 Å². The lowest BCUT2D eigenvalue weighted by molar-refractivity contribution is -0.128. The van der Waals surface area contributed by atoms with Gasteiger partial charge in [0.15, 0.2) is 5.82 Å². The zero-order chi connectivity index (χ0) is 18.5. The maximum Gasteiger partial charge on any atom is 0.439 e. The summed E-state index contributed by atoms with van der Waals surface area (Å²) in [5, 5.41) is 6.86. The molecule has 1 aliphatic heterocycles. The molecule has 1 fully saturated rings. The molecule has 1 aromatic heterocycles. The Bertz CT molecular complexity index is 796. The summed E-state index contributed by atoms with van der Waals surface area (Å²) in [7, 11) is 0. The normalized spacial score (nSPS) is 19.2. The summed E-state index contributed by atoms with van der Waals surface area (Å²) in [6.07, 6.45) is 4.23. The number of carbonyl (C=O) groups is 1. The highest BCUT2D eigenvalue weighted by Gasteiger charge is 2.28. The number of aromatic nitrogens is 2. The van der Waals surface area contributed by atoms with Gasteiger partial charge in [-0.15, -0.1) is 0 Å². The molecule has 2 atom stereocenters. The van der Waals surface area contributed by atoms with Crippen LogP contribution in [0.1, 0.15) is 51.1 Å². The molecule has 0 aliphatic carbocycles. The van der Waals surface area contributed by atoms with Crippen molar-refractivity contribution < 1.29 is 9.32 Å². The molecule has 7 nitrogen and oxygen atoms in total. The van der Waals surface area contributed by atoms with Crippen LogP contribution in [-0.4, -0.2) is 40.1 Å². The second-order valence-corrected chi connectivity index (χ2v) is 6.85. The third-order valence-electron chi connectivity index (χ3n) is 4.89. The van der Waals surface area contributed by atoms with E-state index >= 15 is 0 Å². The zero-order valence-electron chi connectivity index (χ0n) is 15.3. The largest absolute Gasteiger partial charge is 0.439 e. The Morgan fingerprint density at radius 2 is 2.31 bits per heavy atom. The summed E-state index contributed by atoms with van der Waals surface area (Å²) < 4.78 is 4.56. The maximum absolute atomic E-state index is 12.8. The zero-order valence-corrected chi connectivity index (χ0v) is 15.3. The Labute approximate surface area is 152 Å². The lowest BCUT2D eigenvalue weighted by Crippen LogP contribution is -2.50. The first-order chi connectivity index (χ1) is 12.6. The highest BCUT2D eigenvalue weighted by atomic mass is 16.5. The van der Waals surface area contributed by atoms with E-state index in [9.17, 15) is 9.59 Å². The van der Waals surface area contributed by atoms with E-state index in [1.807, 2.05) is 31.2 Å². The minimum absolute atomic E-state index is 0.0405. The van der Waals surface area contributed by atoms with Crippen molar-refractivity contribution in [3.8, 4) is 11.4 Å². The second-order valence-electron chi connectivity index (χ2n) is 6.85. The molecular weight excluding hydrogens is 332 g/mol. The molecule has 2 heterocycles. The van der Waals surface area contributed by atoms with E-state index < -0.39 is 5.76 Å². The number of H-pyrrole nitrogens is 1. The molecule has 0 bridgehead atoms. The molecule has 26 heavy (non-hydrogen) atoms. The third kappa shape index (κ3) is 4.22. The first-order valence-electron chi connectivity index (χ1n) is 9.29. The average Bonchev–Trinajstić information content (AvgIpc) is 3.09. The number of nitrogens with zero attached hydrogens (tertiary/aromatic N) is 2. The van der Waals surface area contributed by atoms with Crippen molar-refractivity contribution in [1.82, 2.24) is 20.4 Å². The fraction of sp³-hybridized carbons (Fsp3) is 0.526. The topological polar surface area (TPSA) is 91.2 Å². The van der Waals surface area contributed by atoms with Gasteiger partial charge in [-0.25, -0.2) is 4.79 Å². The first-order valence-corrected chi connectivity index (χ1v) is 9.29. The van der Waals surface area contributed by atoms with Crippen LogP contribution in [-0.2, 0) is 4.79 Å². The minimum atomic E-state index is -0.583. The molecule has 1 aliphatic rings. The lowest BCUT2D eigenvalue weighted by Gasteiger charge is -2.35.